The molecule has 2 rings (SSSR count). The summed E-state index contributed by atoms with van der Waals surface area (Å²) in [7, 11) is 0. The lowest BCUT2D eigenvalue weighted by Crippen LogP contribution is -2.29. The average molecular weight is 458 g/mol. The van der Waals surface area contributed by atoms with Gasteiger partial charge in [-0.1, -0.05) is 11.6 Å². The maximum absolute atomic E-state index is 10.9. The van der Waals surface area contributed by atoms with Gasteiger partial charge >= 0.3 is 0 Å². The zero-order valence-corrected chi connectivity index (χ0v) is 16.8. The van der Waals surface area contributed by atoms with E-state index in [0.717, 1.165) is 11.3 Å². The Kier molecular flexibility index (Phi) is 7.66. The molecule has 10 heteroatoms. The normalized spacial score (nSPS) is 11.1. The van der Waals surface area contributed by atoms with Gasteiger partial charge < -0.3 is 15.1 Å². The van der Waals surface area contributed by atoms with Crippen molar-refractivity contribution in [3.05, 3.63) is 55.5 Å². The van der Waals surface area contributed by atoms with E-state index in [1.54, 1.807) is 6.07 Å². The van der Waals surface area contributed by atoms with Crippen molar-refractivity contribution < 1.29 is 15.1 Å². The Balaban J connectivity index is 2.29. The molecule has 2 N–H and O–H groups in total. The number of azo groups is 1. The first-order valence-electron chi connectivity index (χ1n) is 8.00. The van der Waals surface area contributed by atoms with Crippen LogP contribution in [0.3, 0.4) is 0 Å². The van der Waals surface area contributed by atoms with E-state index in [4.69, 9.17) is 21.8 Å². The average Bonchev–Trinajstić information content (AvgIpc) is 2.61. The molecule has 2 aromatic rings. The van der Waals surface area contributed by atoms with Crippen LogP contribution in [0.1, 0.15) is 5.56 Å². The minimum absolute atomic E-state index is 0.0207. The monoisotopic (exact) mass is 456 g/mol. The molecule has 0 bridgehead atoms. The van der Waals surface area contributed by atoms with Gasteiger partial charge in [0.15, 0.2) is 0 Å². The second-order valence-electron chi connectivity index (χ2n) is 5.62. The van der Waals surface area contributed by atoms with Crippen molar-refractivity contribution in [3.63, 3.8) is 0 Å². The predicted molar refractivity (Wildman–Crippen MR) is 108 cm³/mol. The standard InChI is InChI=1S/C17H18BrClN4O4/c1-11-8-12(22(4-6-24)5-7-25)2-3-16(11)20-21-17-14(18)9-13(23(26)27)10-15(17)19/h2-3,8-10,24-25H,4-7H2,1H3/b21-20+. The molecule has 0 amide bonds. The minimum atomic E-state index is -0.537. The highest BCUT2D eigenvalue weighted by Gasteiger charge is 2.14. The van der Waals surface area contributed by atoms with E-state index in [2.05, 4.69) is 26.2 Å². The molecule has 144 valence electrons. The number of benzene rings is 2. The molecule has 0 fully saturated rings. The van der Waals surface area contributed by atoms with Crippen LogP contribution in [0.2, 0.25) is 5.02 Å². The predicted octanol–water partition coefficient (Wildman–Crippen LogP) is 4.53. The molecule has 0 aliphatic heterocycles. The summed E-state index contributed by atoms with van der Waals surface area (Å²) in [6.07, 6.45) is 0. The summed E-state index contributed by atoms with van der Waals surface area (Å²) in [5.74, 6) is 0. The van der Waals surface area contributed by atoms with Gasteiger partial charge in [-0.15, -0.1) is 5.11 Å². The first kappa shape index (κ1) is 21.2. The van der Waals surface area contributed by atoms with Gasteiger partial charge in [-0.25, -0.2) is 0 Å². The van der Waals surface area contributed by atoms with Crippen molar-refractivity contribution in [2.75, 3.05) is 31.2 Å². The lowest BCUT2D eigenvalue weighted by Gasteiger charge is -2.23. The molecule has 0 atom stereocenters. The van der Waals surface area contributed by atoms with Crippen LogP contribution in [0.4, 0.5) is 22.7 Å². The molecule has 0 saturated carbocycles. The second kappa shape index (κ2) is 9.75. The molecule has 0 aliphatic rings. The fourth-order valence-corrected chi connectivity index (χ4v) is 3.31. The smallest absolute Gasteiger partial charge is 0.272 e. The molecular weight excluding hydrogens is 440 g/mol. The fourth-order valence-electron chi connectivity index (χ4n) is 2.42. The highest BCUT2D eigenvalue weighted by molar-refractivity contribution is 9.10. The maximum Gasteiger partial charge on any atom is 0.272 e. The van der Waals surface area contributed by atoms with Crippen LogP contribution >= 0.6 is 27.5 Å². The highest BCUT2D eigenvalue weighted by Crippen LogP contribution is 2.38. The topological polar surface area (TPSA) is 112 Å². The van der Waals surface area contributed by atoms with Crippen LogP contribution < -0.4 is 4.90 Å². The SMILES string of the molecule is Cc1cc(N(CCO)CCO)ccc1/N=N/c1c(Cl)cc([N+](=O)[O-])cc1Br. The highest BCUT2D eigenvalue weighted by atomic mass is 79.9. The number of halogens is 2. The van der Waals surface area contributed by atoms with Crippen molar-refractivity contribution in [1.29, 1.82) is 0 Å². The van der Waals surface area contributed by atoms with Crippen molar-refractivity contribution in [2.24, 2.45) is 10.2 Å². The first-order valence-corrected chi connectivity index (χ1v) is 9.17. The number of aliphatic hydroxyl groups is 2. The van der Waals surface area contributed by atoms with Crippen LogP contribution in [0, 0.1) is 17.0 Å². The van der Waals surface area contributed by atoms with Crippen molar-refractivity contribution in [3.8, 4) is 0 Å². The molecule has 8 nitrogen and oxygen atoms in total. The second-order valence-corrected chi connectivity index (χ2v) is 6.88. The number of hydrogen-bond donors (Lipinski definition) is 2. The molecule has 0 radical (unpaired) electrons. The molecule has 2 aromatic carbocycles. The van der Waals surface area contributed by atoms with Gasteiger partial charge in [0.25, 0.3) is 5.69 Å². The number of anilines is 1. The van der Waals surface area contributed by atoms with E-state index in [-0.39, 0.29) is 23.9 Å². The summed E-state index contributed by atoms with van der Waals surface area (Å²) >= 11 is 9.31. The molecule has 0 heterocycles. The van der Waals surface area contributed by atoms with E-state index in [0.29, 0.717) is 28.9 Å². The summed E-state index contributed by atoms with van der Waals surface area (Å²) in [5.41, 5.74) is 2.45. The number of aryl methyl sites for hydroxylation is 1. The van der Waals surface area contributed by atoms with Crippen LogP contribution in [0.25, 0.3) is 0 Å². The molecular formula is C17H18BrClN4O4. The Morgan fingerprint density at radius 3 is 2.37 bits per heavy atom. The molecule has 0 spiro atoms. The van der Waals surface area contributed by atoms with E-state index >= 15 is 0 Å². The molecule has 0 aliphatic carbocycles. The number of nitro benzene ring substituents is 1. The van der Waals surface area contributed by atoms with Gasteiger partial charge in [0, 0.05) is 30.9 Å². The quantitative estimate of drug-likeness (QED) is 0.344. The number of nitro groups is 1. The lowest BCUT2D eigenvalue weighted by atomic mass is 10.1. The van der Waals surface area contributed by atoms with Gasteiger partial charge in [-0.3, -0.25) is 10.1 Å². The zero-order valence-electron chi connectivity index (χ0n) is 14.5. The Morgan fingerprint density at radius 2 is 1.85 bits per heavy atom. The third-order valence-corrected chi connectivity index (χ3v) is 4.65. The molecule has 0 aromatic heterocycles. The van der Waals surface area contributed by atoms with Crippen LogP contribution in [0.5, 0.6) is 0 Å². The van der Waals surface area contributed by atoms with Gasteiger partial charge in [0.05, 0.1) is 33.3 Å². The molecule has 0 unspecified atom stereocenters. The largest absolute Gasteiger partial charge is 0.395 e. The summed E-state index contributed by atoms with van der Waals surface area (Å²) < 4.78 is 0.372. The van der Waals surface area contributed by atoms with Crippen LogP contribution in [-0.4, -0.2) is 41.4 Å². The number of hydrogen-bond acceptors (Lipinski definition) is 7. The van der Waals surface area contributed by atoms with Gasteiger partial charge in [0.1, 0.15) is 5.69 Å². The van der Waals surface area contributed by atoms with Gasteiger partial charge in [-0.2, -0.15) is 5.11 Å². The first-order chi connectivity index (χ1) is 12.9. The fraction of sp³-hybridized carbons (Fsp3) is 0.294. The third kappa shape index (κ3) is 5.46. The van der Waals surface area contributed by atoms with E-state index < -0.39 is 4.92 Å². The van der Waals surface area contributed by atoms with Crippen molar-refractivity contribution in [2.45, 2.75) is 6.92 Å². The maximum atomic E-state index is 10.9. The van der Waals surface area contributed by atoms with Crippen molar-refractivity contribution in [1.82, 2.24) is 0 Å². The number of nitrogens with zero attached hydrogens (tertiary/aromatic N) is 4. The summed E-state index contributed by atoms with van der Waals surface area (Å²) in [6.45, 7) is 2.64. The minimum Gasteiger partial charge on any atom is -0.395 e. The van der Waals surface area contributed by atoms with E-state index in [9.17, 15) is 10.1 Å². The number of rotatable bonds is 8. The Bertz CT molecular complexity index is 834. The van der Waals surface area contributed by atoms with Gasteiger partial charge in [0.2, 0.25) is 0 Å². The Morgan fingerprint density at radius 1 is 1.19 bits per heavy atom. The Hall–Kier alpha value is -2.07. The molecule has 0 saturated heterocycles. The number of aliphatic hydroxyl groups excluding tert-OH is 2. The molecule has 27 heavy (non-hydrogen) atoms. The van der Waals surface area contributed by atoms with Crippen LogP contribution in [0.15, 0.2) is 45.0 Å². The van der Waals surface area contributed by atoms with Crippen molar-refractivity contribution >= 4 is 50.3 Å². The third-order valence-electron chi connectivity index (χ3n) is 3.76. The summed E-state index contributed by atoms with van der Waals surface area (Å²) in [4.78, 5) is 12.2. The van der Waals surface area contributed by atoms with E-state index in [1.165, 1.54) is 12.1 Å². The lowest BCUT2D eigenvalue weighted by molar-refractivity contribution is -0.384. The Labute approximate surface area is 169 Å². The van der Waals surface area contributed by atoms with Crippen LogP contribution in [-0.2, 0) is 0 Å². The summed E-state index contributed by atoms with van der Waals surface area (Å²) in [5, 5.41) is 37.6. The summed E-state index contributed by atoms with van der Waals surface area (Å²) in [6, 6.07) is 8.00. The zero-order chi connectivity index (χ0) is 20.0. The van der Waals surface area contributed by atoms with E-state index in [1.807, 2.05) is 24.0 Å². The number of non-ortho nitro benzene ring substituents is 1. The van der Waals surface area contributed by atoms with Gasteiger partial charge in [-0.05, 0) is 46.6 Å².